The zero-order chi connectivity index (χ0) is 12.8. The van der Waals surface area contributed by atoms with Gasteiger partial charge in [-0.05, 0) is 18.6 Å². The molecule has 0 fully saturated rings. The minimum Gasteiger partial charge on any atom is -0.481 e. The molecular formula is C11H24N2O2S. The highest BCUT2D eigenvalue weighted by Gasteiger charge is 1.95. The second-order valence-electron chi connectivity index (χ2n) is 3.67. The van der Waals surface area contributed by atoms with E-state index in [2.05, 4.69) is 30.6 Å². The number of hydrogen-bond acceptors (Lipinski definition) is 2. The van der Waals surface area contributed by atoms with Crippen molar-refractivity contribution in [3.05, 3.63) is 0 Å². The second kappa shape index (κ2) is 14.2. The van der Waals surface area contributed by atoms with Crippen molar-refractivity contribution in [1.82, 2.24) is 0 Å². The summed E-state index contributed by atoms with van der Waals surface area (Å²) in [7, 11) is 0. The quantitative estimate of drug-likeness (QED) is 0.453. The van der Waals surface area contributed by atoms with Gasteiger partial charge in [0.05, 0.1) is 0 Å². The topological polar surface area (TPSA) is 89.3 Å². The van der Waals surface area contributed by atoms with Gasteiger partial charge in [-0.3, -0.25) is 4.79 Å². The first kappa shape index (κ1) is 17.6. The van der Waals surface area contributed by atoms with Crippen molar-refractivity contribution in [3.63, 3.8) is 0 Å². The lowest BCUT2D eigenvalue weighted by Gasteiger charge is -1.98. The van der Waals surface area contributed by atoms with Gasteiger partial charge in [-0.15, -0.1) is 0 Å². The van der Waals surface area contributed by atoms with Crippen molar-refractivity contribution in [2.24, 2.45) is 11.5 Å². The van der Waals surface area contributed by atoms with Gasteiger partial charge >= 0.3 is 5.97 Å². The smallest absolute Gasteiger partial charge is 0.303 e. The van der Waals surface area contributed by atoms with Crippen molar-refractivity contribution in [1.29, 1.82) is 0 Å². The number of thiocarbonyl (C=S) groups is 1. The van der Waals surface area contributed by atoms with Gasteiger partial charge in [0.25, 0.3) is 0 Å². The van der Waals surface area contributed by atoms with Crippen LogP contribution in [0.25, 0.3) is 0 Å². The molecule has 0 amide bonds. The lowest BCUT2D eigenvalue weighted by molar-refractivity contribution is -0.137. The van der Waals surface area contributed by atoms with Gasteiger partial charge in [-0.1, -0.05) is 45.4 Å². The van der Waals surface area contributed by atoms with E-state index < -0.39 is 5.97 Å². The Morgan fingerprint density at radius 2 is 1.44 bits per heavy atom. The molecule has 0 saturated carbocycles. The maximum Gasteiger partial charge on any atom is 0.303 e. The molecule has 0 atom stereocenters. The molecule has 16 heavy (non-hydrogen) atoms. The van der Waals surface area contributed by atoms with Crippen LogP contribution in [0, 0.1) is 0 Å². The molecule has 0 aromatic heterocycles. The first-order chi connectivity index (χ1) is 7.50. The van der Waals surface area contributed by atoms with Crippen LogP contribution >= 0.6 is 12.2 Å². The van der Waals surface area contributed by atoms with Crippen molar-refractivity contribution < 1.29 is 9.90 Å². The van der Waals surface area contributed by atoms with Crippen LogP contribution in [0.1, 0.15) is 58.3 Å². The van der Waals surface area contributed by atoms with E-state index in [1.165, 1.54) is 32.1 Å². The highest BCUT2D eigenvalue weighted by molar-refractivity contribution is 7.80. The van der Waals surface area contributed by atoms with Crippen LogP contribution in [0.4, 0.5) is 0 Å². The van der Waals surface area contributed by atoms with Crippen molar-refractivity contribution >= 4 is 23.3 Å². The predicted molar refractivity (Wildman–Crippen MR) is 71.2 cm³/mol. The molecule has 0 bridgehead atoms. The van der Waals surface area contributed by atoms with Crippen LogP contribution in [0.5, 0.6) is 0 Å². The van der Waals surface area contributed by atoms with E-state index >= 15 is 0 Å². The minimum absolute atomic E-state index is 0.000000000000000222. The number of carboxylic acid groups (broad SMARTS) is 1. The van der Waals surface area contributed by atoms with Gasteiger partial charge in [0.15, 0.2) is 5.11 Å². The summed E-state index contributed by atoms with van der Waals surface area (Å²) in [4.78, 5) is 10.1. The van der Waals surface area contributed by atoms with Crippen LogP contribution in [0.2, 0.25) is 0 Å². The van der Waals surface area contributed by atoms with Crippen molar-refractivity contribution in [2.45, 2.75) is 58.3 Å². The molecule has 0 aliphatic rings. The molecule has 5 heteroatoms. The van der Waals surface area contributed by atoms with Gasteiger partial charge in [0.2, 0.25) is 0 Å². The van der Waals surface area contributed by atoms with Gasteiger partial charge in [-0.2, -0.15) is 0 Å². The summed E-state index contributed by atoms with van der Waals surface area (Å²) in [6.07, 6.45) is 8.64. The summed E-state index contributed by atoms with van der Waals surface area (Å²) in [5, 5.41) is 8.35. The summed E-state index contributed by atoms with van der Waals surface area (Å²) in [6.45, 7) is 2.20. The molecule has 0 heterocycles. The predicted octanol–water partition coefficient (Wildman–Crippen LogP) is 2.40. The number of unbranched alkanes of at least 4 members (excludes halogenated alkanes) is 6. The zero-order valence-corrected chi connectivity index (χ0v) is 10.9. The third-order valence-corrected chi connectivity index (χ3v) is 1.99. The van der Waals surface area contributed by atoms with Gasteiger partial charge in [-0.25, -0.2) is 0 Å². The molecule has 0 unspecified atom stereocenters. The summed E-state index contributed by atoms with van der Waals surface area (Å²) >= 11 is 4.09. The highest BCUT2D eigenvalue weighted by atomic mass is 32.1. The first-order valence-corrected chi connectivity index (χ1v) is 6.18. The summed E-state index contributed by atoms with van der Waals surface area (Å²) in [5.41, 5.74) is 9.24. The lowest BCUT2D eigenvalue weighted by Crippen LogP contribution is -2.18. The second-order valence-corrected chi connectivity index (χ2v) is 4.14. The fourth-order valence-corrected chi connectivity index (χ4v) is 1.23. The Kier molecular flexibility index (Phi) is 15.5. The van der Waals surface area contributed by atoms with Crippen LogP contribution in [0.3, 0.4) is 0 Å². The molecule has 0 spiro atoms. The van der Waals surface area contributed by atoms with Gasteiger partial charge in [0.1, 0.15) is 0 Å². The Bertz CT molecular complexity index is 183. The minimum atomic E-state index is -0.663. The van der Waals surface area contributed by atoms with E-state index in [0.717, 1.165) is 12.8 Å². The molecule has 0 rings (SSSR count). The van der Waals surface area contributed by atoms with Crippen LogP contribution in [-0.2, 0) is 4.79 Å². The molecule has 96 valence electrons. The van der Waals surface area contributed by atoms with E-state index in [1.807, 2.05) is 0 Å². The van der Waals surface area contributed by atoms with E-state index in [0.29, 0.717) is 6.42 Å². The van der Waals surface area contributed by atoms with Gasteiger partial charge < -0.3 is 16.6 Å². The molecule has 0 aromatic carbocycles. The molecule has 0 radical (unpaired) electrons. The van der Waals surface area contributed by atoms with E-state index in [-0.39, 0.29) is 5.11 Å². The lowest BCUT2D eigenvalue weighted by atomic mass is 10.1. The number of hydrogen-bond donors (Lipinski definition) is 3. The Labute approximate surface area is 103 Å². The maximum absolute atomic E-state index is 10.1. The average molecular weight is 248 g/mol. The number of rotatable bonds is 8. The summed E-state index contributed by atoms with van der Waals surface area (Å²) < 4.78 is 0. The largest absolute Gasteiger partial charge is 0.481 e. The van der Waals surface area contributed by atoms with E-state index in [1.54, 1.807) is 0 Å². The third-order valence-electron chi connectivity index (χ3n) is 1.99. The van der Waals surface area contributed by atoms with E-state index in [9.17, 15) is 4.79 Å². The Hall–Kier alpha value is -0.840. The van der Waals surface area contributed by atoms with E-state index in [4.69, 9.17) is 5.11 Å². The molecule has 0 saturated heterocycles. The first-order valence-electron chi connectivity index (χ1n) is 5.77. The monoisotopic (exact) mass is 248 g/mol. The Morgan fingerprint density at radius 1 is 1.06 bits per heavy atom. The Morgan fingerprint density at radius 3 is 1.81 bits per heavy atom. The maximum atomic E-state index is 10.1. The fourth-order valence-electron chi connectivity index (χ4n) is 1.23. The average Bonchev–Trinajstić information content (AvgIpc) is 2.15. The Balaban J connectivity index is 0. The summed E-state index contributed by atoms with van der Waals surface area (Å²) in [5.74, 6) is -0.663. The van der Waals surface area contributed by atoms with Crippen molar-refractivity contribution in [2.75, 3.05) is 0 Å². The molecule has 0 aliphatic heterocycles. The molecule has 4 nitrogen and oxygen atoms in total. The van der Waals surface area contributed by atoms with Crippen LogP contribution < -0.4 is 11.5 Å². The number of nitrogens with two attached hydrogens (primary N) is 2. The molecular weight excluding hydrogens is 224 g/mol. The number of aliphatic carboxylic acids is 1. The molecule has 0 aliphatic carbocycles. The zero-order valence-electron chi connectivity index (χ0n) is 10.1. The third kappa shape index (κ3) is 29.2. The van der Waals surface area contributed by atoms with Crippen LogP contribution in [0.15, 0.2) is 0 Å². The molecule has 5 N–H and O–H groups in total. The van der Waals surface area contributed by atoms with Gasteiger partial charge in [0, 0.05) is 6.42 Å². The SMILES string of the molecule is CCCCCCCCCC(=O)O.NC(N)=S. The summed E-state index contributed by atoms with van der Waals surface area (Å²) in [6, 6.07) is 0. The van der Waals surface area contributed by atoms with Crippen LogP contribution in [-0.4, -0.2) is 16.2 Å². The van der Waals surface area contributed by atoms with Crippen molar-refractivity contribution in [3.8, 4) is 0 Å². The molecule has 0 aromatic rings. The number of carboxylic acids is 1. The normalized spacial score (nSPS) is 9.06. The fraction of sp³-hybridized carbons (Fsp3) is 0.818. The number of carbonyl (C=O) groups is 1. The highest BCUT2D eigenvalue weighted by Crippen LogP contribution is 2.07. The standard InChI is InChI=1S/C10H20O2.CH4N2S/c1-2-3-4-5-6-7-8-9-10(11)12;2-1(3)4/h2-9H2,1H3,(H,11,12);(H4,2,3,4).